The Balaban J connectivity index is 2.22. The number of esters is 1. The van der Waals surface area contributed by atoms with E-state index in [4.69, 9.17) is 4.74 Å². The Bertz CT molecular complexity index is 509. The number of nitrogens with zero attached hydrogens (tertiary/aromatic N) is 2. The van der Waals surface area contributed by atoms with Gasteiger partial charge >= 0.3 is 5.97 Å². The Morgan fingerprint density at radius 3 is 3.06 bits per heavy atom. The summed E-state index contributed by atoms with van der Waals surface area (Å²) in [4.78, 5) is 20.6. The van der Waals surface area contributed by atoms with Crippen molar-refractivity contribution in [1.29, 1.82) is 0 Å². The molecule has 0 fully saturated rings. The number of aromatic nitrogens is 2. The fourth-order valence-corrected chi connectivity index (χ4v) is 3.15. The van der Waals surface area contributed by atoms with Crippen molar-refractivity contribution in [3.63, 3.8) is 0 Å². The minimum absolute atomic E-state index is 0.353. The number of hydrogen-bond donors (Lipinski definition) is 0. The summed E-state index contributed by atoms with van der Waals surface area (Å²) in [5.41, 5.74) is 0.353. The van der Waals surface area contributed by atoms with Crippen LogP contribution >= 0.6 is 38.6 Å². The molecule has 0 saturated carbocycles. The van der Waals surface area contributed by atoms with Crippen molar-refractivity contribution >= 4 is 44.6 Å². The van der Waals surface area contributed by atoms with Crippen molar-refractivity contribution in [2.24, 2.45) is 0 Å². The number of ether oxygens (including phenoxy) is 1. The number of hydrogen-bond acceptors (Lipinski definition) is 6. The highest BCUT2D eigenvalue weighted by Gasteiger charge is 2.13. The Labute approximate surface area is 108 Å². The van der Waals surface area contributed by atoms with Gasteiger partial charge in [0.05, 0.1) is 11.5 Å². The monoisotopic (exact) mass is 318 g/mol. The fourth-order valence-electron chi connectivity index (χ4n) is 1.04. The quantitative estimate of drug-likeness (QED) is 0.815. The highest BCUT2D eigenvalue weighted by atomic mass is 79.9. The third-order valence-corrected chi connectivity index (χ3v) is 4.16. The molecule has 0 amide bonds. The van der Waals surface area contributed by atoms with Gasteiger partial charge in [0.1, 0.15) is 5.01 Å². The average Bonchev–Trinajstić information content (AvgIpc) is 2.85. The van der Waals surface area contributed by atoms with E-state index in [9.17, 15) is 4.79 Å². The van der Waals surface area contributed by atoms with Crippen molar-refractivity contribution in [3.8, 4) is 9.88 Å². The third kappa shape index (κ3) is 2.47. The summed E-state index contributed by atoms with van der Waals surface area (Å²) in [7, 11) is 0. The molecule has 7 heteroatoms. The van der Waals surface area contributed by atoms with Crippen molar-refractivity contribution in [1.82, 2.24) is 9.97 Å². The lowest BCUT2D eigenvalue weighted by molar-refractivity contribution is 0.0520. The first kappa shape index (κ1) is 11.7. The second-order valence-corrected chi connectivity index (χ2v) is 5.90. The van der Waals surface area contributed by atoms with Gasteiger partial charge in [-0.3, -0.25) is 0 Å². The lowest BCUT2D eigenvalue weighted by atomic mass is 10.5. The van der Waals surface area contributed by atoms with E-state index >= 15 is 0 Å². The van der Waals surface area contributed by atoms with Crippen LogP contribution in [0.25, 0.3) is 9.88 Å². The van der Waals surface area contributed by atoms with Crippen molar-refractivity contribution in [3.05, 3.63) is 21.2 Å². The smallest absolute Gasteiger partial charge is 0.357 e. The van der Waals surface area contributed by atoms with E-state index in [0.717, 1.165) is 13.8 Å². The molecule has 0 saturated heterocycles. The van der Waals surface area contributed by atoms with Crippen LogP contribution in [0.3, 0.4) is 0 Å². The summed E-state index contributed by atoms with van der Waals surface area (Å²) >= 11 is 6.17. The van der Waals surface area contributed by atoms with E-state index in [2.05, 4.69) is 25.9 Å². The number of halogens is 1. The predicted molar refractivity (Wildman–Crippen MR) is 66.9 cm³/mol. The molecule has 0 bridgehead atoms. The topological polar surface area (TPSA) is 52.1 Å². The molecule has 2 rings (SSSR count). The summed E-state index contributed by atoms with van der Waals surface area (Å²) < 4.78 is 5.67. The molecule has 0 aliphatic rings. The van der Waals surface area contributed by atoms with E-state index in [-0.39, 0.29) is 5.97 Å². The molecule has 16 heavy (non-hydrogen) atoms. The summed E-state index contributed by atoms with van der Waals surface area (Å²) in [6.45, 7) is 2.13. The molecular weight excluding hydrogens is 312 g/mol. The van der Waals surface area contributed by atoms with Gasteiger partial charge in [-0.1, -0.05) is 0 Å². The third-order valence-electron chi connectivity index (χ3n) is 1.68. The van der Waals surface area contributed by atoms with Gasteiger partial charge in [0.25, 0.3) is 0 Å². The number of thiazole rings is 2. The minimum Gasteiger partial charge on any atom is -0.461 e. The van der Waals surface area contributed by atoms with Crippen LogP contribution in [0, 0.1) is 0 Å². The highest BCUT2D eigenvalue weighted by Crippen LogP contribution is 2.31. The zero-order valence-corrected chi connectivity index (χ0v) is 11.5. The molecule has 2 aromatic heterocycles. The lowest BCUT2D eigenvalue weighted by Gasteiger charge is -1.95. The molecule has 0 atom stereocenters. The standard InChI is InChI=1S/C9H7BrN2O2S2/c1-2-14-8(13)5-4-15-7(12-5)6-3-11-9(10)16-6/h3-4H,2H2,1H3. The molecule has 84 valence electrons. The van der Waals surface area contributed by atoms with Gasteiger partial charge in [-0.15, -0.1) is 22.7 Å². The lowest BCUT2D eigenvalue weighted by Crippen LogP contribution is -2.04. The van der Waals surface area contributed by atoms with E-state index in [1.54, 1.807) is 18.5 Å². The molecule has 0 unspecified atom stereocenters. The van der Waals surface area contributed by atoms with E-state index in [0.29, 0.717) is 12.3 Å². The maximum Gasteiger partial charge on any atom is 0.357 e. The van der Waals surface area contributed by atoms with Gasteiger partial charge in [0, 0.05) is 11.6 Å². The molecular formula is C9H7BrN2O2S2. The molecule has 0 N–H and O–H groups in total. The zero-order chi connectivity index (χ0) is 11.5. The van der Waals surface area contributed by atoms with Gasteiger partial charge in [0.2, 0.25) is 0 Å². The van der Waals surface area contributed by atoms with Gasteiger partial charge in [0.15, 0.2) is 9.61 Å². The largest absolute Gasteiger partial charge is 0.461 e. The SMILES string of the molecule is CCOC(=O)c1csc(-c2cnc(Br)s2)n1. The number of carbonyl (C=O) groups excluding carboxylic acids is 1. The number of carbonyl (C=O) groups is 1. The molecule has 4 nitrogen and oxygen atoms in total. The molecule has 0 aliphatic carbocycles. The molecule has 0 spiro atoms. The van der Waals surface area contributed by atoms with Crippen LogP contribution in [0.5, 0.6) is 0 Å². The van der Waals surface area contributed by atoms with Crippen LogP contribution in [-0.2, 0) is 4.74 Å². The molecule has 2 heterocycles. The molecule has 0 aromatic carbocycles. The van der Waals surface area contributed by atoms with Gasteiger partial charge in [-0.25, -0.2) is 14.8 Å². The maximum atomic E-state index is 11.4. The Morgan fingerprint density at radius 1 is 1.62 bits per heavy atom. The Morgan fingerprint density at radius 2 is 2.44 bits per heavy atom. The van der Waals surface area contributed by atoms with E-state index in [1.165, 1.54) is 22.7 Å². The van der Waals surface area contributed by atoms with Crippen LogP contribution in [0.1, 0.15) is 17.4 Å². The van der Waals surface area contributed by atoms with E-state index in [1.807, 2.05) is 0 Å². The molecule has 2 aromatic rings. The first-order valence-electron chi connectivity index (χ1n) is 4.45. The highest BCUT2D eigenvalue weighted by molar-refractivity contribution is 9.11. The van der Waals surface area contributed by atoms with E-state index < -0.39 is 0 Å². The summed E-state index contributed by atoms with van der Waals surface area (Å²) in [5, 5.41) is 2.48. The summed E-state index contributed by atoms with van der Waals surface area (Å²) in [6.07, 6.45) is 1.72. The number of rotatable bonds is 3. The summed E-state index contributed by atoms with van der Waals surface area (Å²) in [5.74, 6) is -0.381. The van der Waals surface area contributed by atoms with Crippen molar-refractivity contribution in [2.45, 2.75) is 6.92 Å². The van der Waals surface area contributed by atoms with Crippen LogP contribution in [0.2, 0.25) is 0 Å². The fraction of sp³-hybridized carbons (Fsp3) is 0.222. The second kappa shape index (κ2) is 5.03. The van der Waals surface area contributed by atoms with Crippen LogP contribution < -0.4 is 0 Å². The second-order valence-electron chi connectivity index (χ2n) is 2.74. The molecule has 0 radical (unpaired) electrons. The van der Waals surface area contributed by atoms with Gasteiger partial charge in [-0.2, -0.15) is 0 Å². The molecule has 0 aliphatic heterocycles. The Kier molecular flexibility index (Phi) is 3.67. The summed E-state index contributed by atoms with van der Waals surface area (Å²) in [6, 6.07) is 0. The first-order valence-corrected chi connectivity index (χ1v) is 6.94. The zero-order valence-electron chi connectivity index (χ0n) is 8.27. The normalized spacial score (nSPS) is 10.4. The average molecular weight is 319 g/mol. The van der Waals surface area contributed by atoms with Crippen molar-refractivity contribution < 1.29 is 9.53 Å². The van der Waals surface area contributed by atoms with Gasteiger partial charge < -0.3 is 4.74 Å². The first-order chi connectivity index (χ1) is 7.70. The van der Waals surface area contributed by atoms with Crippen LogP contribution in [-0.4, -0.2) is 22.5 Å². The predicted octanol–water partition coefficient (Wildman–Crippen LogP) is 3.21. The maximum absolute atomic E-state index is 11.4. The van der Waals surface area contributed by atoms with Crippen LogP contribution in [0.15, 0.2) is 15.5 Å². The van der Waals surface area contributed by atoms with Crippen LogP contribution in [0.4, 0.5) is 0 Å². The van der Waals surface area contributed by atoms with Gasteiger partial charge in [-0.05, 0) is 22.9 Å². The minimum atomic E-state index is -0.381. The Hall–Kier alpha value is -0.790. The van der Waals surface area contributed by atoms with Crippen molar-refractivity contribution in [2.75, 3.05) is 6.61 Å².